The normalized spacial score (nSPS) is 11.8. The zero-order valence-electron chi connectivity index (χ0n) is 67.4. The Morgan fingerprint density at radius 2 is 0.389 bits per heavy atom. The number of benzene rings is 18. The summed E-state index contributed by atoms with van der Waals surface area (Å²) in [6.45, 7) is 0. The predicted octanol–water partition coefficient (Wildman–Crippen LogP) is 35.0. The average Bonchev–Trinajstić information content (AvgIpc) is 1.59. The zero-order chi connectivity index (χ0) is 82.9. The Kier molecular flexibility index (Phi) is 17.1. The molecule has 0 spiro atoms. The minimum absolute atomic E-state index is 0.788. The first-order chi connectivity index (χ1) is 62.4. The quantitative estimate of drug-likeness (QED) is 0.118. The van der Waals surface area contributed by atoms with Crippen molar-refractivity contribution >= 4 is 235 Å². The number of furan rings is 7. The van der Waals surface area contributed by atoms with E-state index in [9.17, 15) is 0 Å². The maximum Gasteiger partial charge on any atom is 0.181 e. The predicted molar refractivity (Wildman–Crippen MR) is 524 cm³/mol. The number of thiophene rings is 2. The van der Waals surface area contributed by atoms with Crippen molar-refractivity contribution in [3.63, 3.8) is 0 Å². The average molecular weight is 1660 g/mol. The highest BCUT2D eigenvalue weighted by Gasteiger charge is 2.25. The highest BCUT2D eigenvalue weighted by atomic mass is 32.1. The van der Waals surface area contributed by atoms with Gasteiger partial charge in [-0.2, -0.15) is 0 Å². The third kappa shape index (κ3) is 12.4. The van der Waals surface area contributed by atoms with Crippen LogP contribution >= 0.6 is 22.7 Å². The Bertz CT molecular complexity index is 8530. The van der Waals surface area contributed by atoms with Crippen molar-refractivity contribution in [2.45, 2.75) is 0 Å². The molecule has 10 nitrogen and oxygen atoms in total. The van der Waals surface area contributed by atoms with E-state index in [1.54, 1.807) is 0 Å². The van der Waals surface area contributed by atoms with Gasteiger partial charge in [-0.3, -0.25) is 0 Å². The fraction of sp³-hybridized carbons (Fsp3) is 0. The second-order valence-electron chi connectivity index (χ2n) is 31.7. The third-order valence-electron chi connectivity index (χ3n) is 24.2. The van der Waals surface area contributed by atoms with Gasteiger partial charge in [0.15, 0.2) is 33.5 Å². The minimum Gasteiger partial charge on any atom is -0.456 e. The molecule has 0 aliphatic rings. The maximum atomic E-state index is 6.44. The van der Waals surface area contributed by atoms with Crippen LogP contribution in [0.5, 0.6) is 0 Å². The second-order valence-corrected chi connectivity index (χ2v) is 33.9. The summed E-state index contributed by atoms with van der Waals surface area (Å²) in [5.74, 6) is 0. The van der Waals surface area contributed by atoms with Crippen LogP contribution in [0.2, 0.25) is 0 Å². The molecule has 18 aromatic carbocycles. The summed E-state index contributed by atoms with van der Waals surface area (Å²) in [5, 5.41) is 13.3. The van der Waals surface area contributed by atoms with Crippen molar-refractivity contribution in [2.24, 2.45) is 0 Å². The zero-order valence-corrected chi connectivity index (χ0v) is 69.0. The molecule has 0 amide bonds. The molecule has 0 fully saturated rings. The van der Waals surface area contributed by atoms with E-state index in [1.807, 2.05) is 126 Å². The summed E-state index contributed by atoms with van der Waals surface area (Å²) in [6.07, 6.45) is 0. The van der Waals surface area contributed by atoms with Gasteiger partial charge in [0.05, 0.1) is 32.3 Å². The van der Waals surface area contributed by atoms with Crippen LogP contribution in [-0.2, 0) is 0 Å². The van der Waals surface area contributed by atoms with Crippen molar-refractivity contribution in [1.29, 1.82) is 0 Å². The van der Waals surface area contributed by atoms with E-state index in [0.29, 0.717) is 0 Å². The van der Waals surface area contributed by atoms with Gasteiger partial charge in [-0.05, 0) is 221 Å². The Hall–Kier alpha value is -16.4. The van der Waals surface area contributed by atoms with Crippen LogP contribution in [0.4, 0.5) is 51.2 Å². The molecule has 0 aliphatic carbocycles. The molecular formula is C114H69N3O7S2. The number of fused-ring (bicyclic) bond motifs is 24. The van der Waals surface area contributed by atoms with Gasteiger partial charge in [0.1, 0.15) is 44.7 Å². The highest BCUT2D eigenvalue weighted by Crippen LogP contribution is 2.49. The molecule has 0 unspecified atom stereocenters. The van der Waals surface area contributed by atoms with E-state index in [2.05, 4.69) is 330 Å². The number of hydrogen-bond acceptors (Lipinski definition) is 12. The van der Waals surface area contributed by atoms with Crippen LogP contribution < -0.4 is 14.7 Å². The maximum absolute atomic E-state index is 6.44. The Balaban J connectivity index is 0.000000103. The van der Waals surface area contributed by atoms with Crippen LogP contribution in [0.3, 0.4) is 0 Å². The number of nitrogens with zero attached hydrogens (tertiary/aromatic N) is 3. The van der Waals surface area contributed by atoms with E-state index in [-0.39, 0.29) is 0 Å². The molecule has 0 aliphatic heterocycles. The molecule has 0 bridgehead atoms. The molecular weight excluding hydrogens is 1590 g/mol. The first-order valence-corrected chi connectivity index (χ1v) is 43.7. The van der Waals surface area contributed by atoms with Crippen LogP contribution in [-0.4, -0.2) is 0 Å². The molecule has 12 heteroatoms. The van der Waals surface area contributed by atoms with Gasteiger partial charge >= 0.3 is 0 Å². The first-order valence-electron chi connectivity index (χ1n) is 42.0. The Morgan fingerprint density at radius 1 is 0.135 bits per heavy atom. The molecule has 0 N–H and O–H groups in total. The topological polar surface area (TPSA) is 102 Å². The van der Waals surface area contributed by atoms with E-state index in [0.717, 1.165) is 184 Å². The van der Waals surface area contributed by atoms with Crippen molar-refractivity contribution in [3.05, 3.63) is 419 Å². The van der Waals surface area contributed by atoms with E-state index < -0.39 is 0 Å². The summed E-state index contributed by atoms with van der Waals surface area (Å²) in [5.41, 5.74) is 28.1. The first kappa shape index (κ1) is 72.4. The summed E-state index contributed by atoms with van der Waals surface area (Å²) in [6, 6.07) is 146. The monoisotopic (exact) mass is 1660 g/mol. The van der Waals surface area contributed by atoms with Gasteiger partial charge in [-0.25, -0.2) is 0 Å². The standard InChI is InChI=1S/C38H23NO3.2C38H23NO2S/c1-2-8-26(9-3-1)39(28-19-20-31-36(23-28)42-37-30-11-5-7-13-34(30)41-38(31)37)27-17-14-24(15-18-27)25-16-21-35-32(22-25)29-10-4-6-12-33(29)40-35;2*1-2-8-24(9-3-1)25-14-16-26(17-15-25)39(27-19-21-36-32(22-27)29-10-5-7-13-35(29)42-36)28-18-20-31-34(23-28)41-37-30-11-4-6-12-33(30)40-38(31)37/h3*1-23H. The van der Waals surface area contributed by atoms with E-state index in [1.165, 1.54) is 62.6 Å². The molecule has 9 aromatic heterocycles. The molecule has 0 saturated carbocycles. The van der Waals surface area contributed by atoms with Crippen LogP contribution in [0.15, 0.2) is 449 Å². The van der Waals surface area contributed by atoms with Crippen molar-refractivity contribution in [2.75, 3.05) is 14.7 Å². The smallest absolute Gasteiger partial charge is 0.181 e. The molecule has 0 saturated heterocycles. The lowest BCUT2D eigenvalue weighted by molar-refractivity contribution is 0.653. The van der Waals surface area contributed by atoms with E-state index >= 15 is 0 Å². The Morgan fingerprint density at radius 3 is 0.794 bits per heavy atom. The van der Waals surface area contributed by atoms with Crippen LogP contribution in [0.25, 0.3) is 195 Å². The summed E-state index contributed by atoms with van der Waals surface area (Å²) in [7, 11) is 0. The fourth-order valence-corrected chi connectivity index (χ4v) is 20.4. The third-order valence-corrected chi connectivity index (χ3v) is 26.5. The Labute approximate surface area is 727 Å². The number of anilines is 9. The van der Waals surface area contributed by atoms with Gasteiger partial charge in [0.25, 0.3) is 0 Å². The van der Waals surface area contributed by atoms with Gasteiger partial charge in [-0.1, -0.05) is 212 Å². The van der Waals surface area contributed by atoms with Gasteiger partial charge < -0.3 is 45.6 Å². The largest absolute Gasteiger partial charge is 0.456 e. The number of para-hydroxylation sites is 5. The minimum atomic E-state index is 0.788. The highest BCUT2D eigenvalue weighted by molar-refractivity contribution is 7.26. The number of hydrogen-bond donors (Lipinski definition) is 0. The van der Waals surface area contributed by atoms with Crippen molar-refractivity contribution < 1.29 is 30.9 Å². The molecule has 0 radical (unpaired) electrons. The van der Waals surface area contributed by atoms with Crippen LogP contribution in [0.1, 0.15) is 0 Å². The van der Waals surface area contributed by atoms with Crippen molar-refractivity contribution in [3.8, 4) is 33.4 Å². The SMILES string of the molecule is c1ccc(-c2ccc(N(c3ccc4c(c3)oc3c5ccccc5oc43)c3ccc4sc5ccccc5c4c3)cc2)cc1.c1ccc(-c2ccc(N(c3ccc4c(c3)oc3c5ccccc5oc43)c3ccc4sc5ccccc5c4c3)cc2)cc1.c1ccc(N(c2ccc(-c3ccc4oc5ccccc5c4c3)cc2)c2ccc3c(c2)oc2c4ccccc4oc32)cc1. The number of rotatable bonds is 12. The molecule has 27 aromatic rings. The molecule has 9 heterocycles. The van der Waals surface area contributed by atoms with Gasteiger partial charge in [0.2, 0.25) is 0 Å². The molecule has 126 heavy (non-hydrogen) atoms. The molecule has 27 rings (SSSR count). The lowest BCUT2D eigenvalue weighted by Gasteiger charge is -2.26. The summed E-state index contributed by atoms with van der Waals surface area (Å²) >= 11 is 3.67. The van der Waals surface area contributed by atoms with Crippen LogP contribution in [0, 0.1) is 0 Å². The lowest BCUT2D eigenvalue weighted by Crippen LogP contribution is -2.09. The second kappa shape index (κ2) is 29.8. The molecule has 0 atom stereocenters. The summed E-state index contributed by atoms with van der Waals surface area (Å²) < 4.78 is 49.0. The van der Waals surface area contributed by atoms with Gasteiger partial charge in [-0.15, -0.1) is 22.7 Å². The van der Waals surface area contributed by atoms with Crippen molar-refractivity contribution in [1.82, 2.24) is 0 Å². The lowest BCUT2D eigenvalue weighted by atomic mass is 10.0. The molecule has 594 valence electrons. The van der Waals surface area contributed by atoms with E-state index in [4.69, 9.17) is 30.9 Å². The fourth-order valence-electron chi connectivity index (χ4n) is 18.2. The summed E-state index contributed by atoms with van der Waals surface area (Å²) in [4.78, 5) is 6.86. The van der Waals surface area contributed by atoms with Gasteiger partial charge in [0, 0.05) is 121 Å².